The number of thioether (sulfide) groups is 1. The number of rotatable bonds is 3. The second kappa shape index (κ2) is 5.97. The lowest BCUT2D eigenvalue weighted by Gasteiger charge is -2.38. The van der Waals surface area contributed by atoms with E-state index in [9.17, 15) is 4.79 Å². The summed E-state index contributed by atoms with van der Waals surface area (Å²) in [5.41, 5.74) is 0.525. The summed E-state index contributed by atoms with van der Waals surface area (Å²) in [6.07, 6.45) is 0. The number of anilines is 1. The molecule has 5 nitrogen and oxygen atoms in total. The maximum Gasteiger partial charge on any atom is 0.344 e. The fourth-order valence-corrected chi connectivity index (χ4v) is 4.11. The fraction of sp³-hybridized carbons (Fsp3) is 0.692. The molecule has 20 heavy (non-hydrogen) atoms. The Labute approximate surface area is 132 Å². The van der Waals surface area contributed by atoms with Crippen LogP contribution in [-0.4, -0.2) is 45.9 Å². The molecule has 0 N–H and O–H groups in total. The third kappa shape index (κ3) is 3.14. The molecule has 1 saturated heterocycles. The normalized spacial score (nSPS) is 18.1. The van der Waals surface area contributed by atoms with Crippen LogP contribution < -0.4 is 4.90 Å². The minimum Gasteiger partial charge on any atom is -0.462 e. The molecule has 1 aromatic heterocycles. The quantitative estimate of drug-likeness (QED) is 0.774. The fourth-order valence-electron chi connectivity index (χ4n) is 2.42. The number of hydrogen-bond donors (Lipinski definition) is 0. The van der Waals surface area contributed by atoms with Crippen molar-refractivity contribution >= 4 is 39.5 Å². The number of hydrogen-bond acceptors (Lipinski definition) is 5. The predicted octanol–water partition coefficient (Wildman–Crippen LogP) is 2.69. The van der Waals surface area contributed by atoms with Crippen LogP contribution in [0.15, 0.2) is 4.60 Å². The molecular weight excluding hydrogens is 342 g/mol. The molecule has 0 bridgehead atoms. The van der Waals surface area contributed by atoms with E-state index in [1.165, 1.54) is 0 Å². The minimum absolute atomic E-state index is 0.168. The van der Waals surface area contributed by atoms with E-state index in [2.05, 4.69) is 39.8 Å². The van der Waals surface area contributed by atoms with Gasteiger partial charge in [0.2, 0.25) is 0 Å². The molecule has 2 heterocycles. The first kappa shape index (κ1) is 15.7. The van der Waals surface area contributed by atoms with Gasteiger partial charge in [-0.3, -0.25) is 4.68 Å². The summed E-state index contributed by atoms with van der Waals surface area (Å²) >= 11 is 5.33. The third-order valence-electron chi connectivity index (χ3n) is 3.18. The molecule has 1 aliphatic heterocycles. The summed E-state index contributed by atoms with van der Waals surface area (Å²) < 4.78 is 7.62. The summed E-state index contributed by atoms with van der Waals surface area (Å²) in [6.45, 7) is 8.41. The van der Waals surface area contributed by atoms with E-state index in [-0.39, 0.29) is 10.7 Å². The summed E-state index contributed by atoms with van der Waals surface area (Å²) in [4.78, 5) is 14.4. The van der Waals surface area contributed by atoms with Crippen molar-refractivity contribution in [3.63, 3.8) is 0 Å². The first-order valence-electron chi connectivity index (χ1n) is 6.64. The molecule has 0 unspecified atom stereocenters. The van der Waals surface area contributed by atoms with Gasteiger partial charge in [-0.05, 0) is 36.7 Å². The lowest BCUT2D eigenvalue weighted by Crippen LogP contribution is -2.44. The molecule has 0 radical (unpaired) electrons. The highest BCUT2D eigenvalue weighted by molar-refractivity contribution is 9.10. The van der Waals surface area contributed by atoms with E-state index in [1.807, 2.05) is 25.7 Å². The second-order valence-electron chi connectivity index (χ2n) is 5.36. The molecule has 1 fully saturated rings. The zero-order valence-corrected chi connectivity index (χ0v) is 14.7. The molecule has 0 amide bonds. The smallest absolute Gasteiger partial charge is 0.344 e. The van der Waals surface area contributed by atoms with Crippen molar-refractivity contribution in [2.45, 2.75) is 25.5 Å². The van der Waals surface area contributed by atoms with Crippen molar-refractivity contribution in [1.82, 2.24) is 9.78 Å². The Morgan fingerprint density at radius 2 is 2.25 bits per heavy atom. The van der Waals surface area contributed by atoms with E-state index in [1.54, 1.807) is 4.68 Å². The summed E-state index contributed by atoms with van der Waals surface area (Å²) in [6, 6.07) is 0. The van der Waals surface area contributed by atoms with Gasteiger partial charge in [-0.1, -0.05) is 0 Å². The Morgan fingerprint density at radius 3 is 2.85 bits per heavy atom. The van der Waals surface area contributed by atoms with Crippen LogP contribution in [0.3, 0.4) is 0 Å². The number of carbonyl (C=O) groups excluding carboxylic acids is 1. The second-order valence-corrected chi connectivity index (χ2v) is 7.92. The average Bonchev–Trinajstić information content (AvgIpc) is 2.63. The van der Waals surface area contributed by atoms with Crippen LogP contribution in [0.5, 0.6) is 0 Å². The van der Waals surface area contributed by atoms with Crippen molar-refractivity contribution < 1.29 is 9.53 Å². The number of aromatic nitrogens is 2. The average molecular weight is 362 g/mol. The van der Waals surface area contributed by atoms with E-state index in [0.29, 0.717) is 16.8 Å². The van der Waals surface area contributed by atoms with E-state index >= 15 is 0 Å². The van der Waals surface area contributed by atoms with Gasteiger partial charge in [0.15, 0.2) is 0 Å². The van der Waals surface area contributed by atoms with Crippen LogP contribution in [0.2, 0.25) is 0 Å². The lowest BCUT2D eigenvalue weighted by atomic mass is 10.1. The van der Waals surface area contributed by atoms with Gasteiger partial charge in [0.1, 0.15) is 16.0 Å². The van der Waals surface area contributed by atoms with Crippen LogP contribution in [0, 0.1) is 0 Å². The van der Waals surface area contributed by atoms with E-state index in [4.69, 9.17) is 4.74 Å². The van der Waals surface area contributed by atoms with Gasteiger partial charge in [-0.25, -0.2) is 4.79 Å². The molecule has 7 heteroatoms. The Balaban J connectivity index is 2.38. The van der Waals surface area contributed by atoms with Gasteiger partial charge in [-0.2, -0.15) is 16.9 Å². The molecule has 0 spiro atoms. The first-order valence-corrected chi connectivity index (χ1v) is 8.42. The number of esters is 1. The largest absolute Gasteiger partial charge is 0.462 e. The highest BCUT2D eigenvalue weighted by Crippen LogP contribution is 2.35. The number of ether oxygens (including phenoxy) is 1. The van der Waals surface area contributed by atoms with Gasteiger partial charge in [0, 0.05) is 30.6 Å². The van der Waals surface area contributed by atoms with Gasteiger partial charge < -0.3 is 9.64 Å². The van der Waals surface area contributed by atoms with Crippen molar-refractivity contribution in [3.05, 3.63) is 10.2 Å². The maximum absolute atomic E-state index is 12.2. The van der Waals surface area contributed by atoms with E-state index < -0.39 is 0 Å². The Bertz CT molecular complexity index is 516. The SMILES string of the molecule is CCOC(=O)c1c(Br)nn(C)c1N1CCSC(C)(C)C1. The maximum atomic E-state index is 12.2. The Hall–Kier alpha value is -0.690. The number of carbonyl (C=O) groups is 1. The molecule has 0 aliphatic carbocycles. The first-order chi connectivity index (χ1) is 9.35. The van der Waals surface area contributed by atoms with Gasteiger partial charge in [0.25, 0.3) is 0 Å². The Morgan fingerprint density at radius 1 is 1.55 bits per heavy atom. The molecule has 112 valence electrons. The zero-order valence-electron chi connectivity index (χ0n) is 12.3. The summed E-state index contributed by atoms with van der Waals surface area (Å²) in [5, 5.41) is 4.32. The van der Waals surface area contributed by atoms with Crippen LogP contribution in [0.4, 0.5) is 5.82 Å². The predicted molar refractivity (Wildman–Crippen MR) is 85.6 cm³/mol. The van der Waals surface area contributed by atoms with Crippen LogP contribution in [0.1, 0.15) is 31.1 Å². The number of nitrogens with zero attached hydrogens (tertiary/aromatic N) is 3. The molecule has 0 aromatic carbocycles. The molecule has 0 saturated carbocycles. The molecule has 2 rings (SSSR count). The molecular formula is C13H20BrN3O2S. The van der Waals surface area contributed by atoms with Crippen molar-refractivity contribution in [2.24, 2.45) is 7.05 Å². The molecule has 1 aliphatic rings. The summed E-state index contributed by atoms with van der Waals surface area (Å²) in [5.74, 6) is 1.56. The highest BCUT2D eigenvalue weighted by atomic mass is 79.9. The molecule has 1 aromatic rings. The van der Waals surface area contributed by atoms with Crippen molar-refractivity contribution in [2.75, 3.05) is 30.3 Å². The molecule has 0 atom stereocenters. The minimum atomic E-state index is -0.321. The Kier molecular flexibility index (Phi) is 4.69. The van der Waals surface area contributed by atoms with Gasteiger partial charge >= 0.3 is 5.97 Å². The van der Waals surface area contributed by atoms with Crippen LogP contribution >= 0.6 is 27.7 Å². The van der Waals surface area contributed by atoms with Crippen LogP contribution in [-0.2, 0) is 11.8 Å². The monoisotopic (exact) mass is 361 g/mol. The zero-order chi connectivity index (χ0) is 14.9. The van der Waals surface area contributed by atoms with Crippen LogP contribution in [0.25, 0.3) is 0 Å². The topological polar surface area (TPSA) is 47.4 Å². The van der Waals surface area contributed by atoms with Crippen molar-refractivity contribution in [1.29, 1.82) is 0 Å². The van der Waals surface area contributed by atoms with E-state index in [0.717, 1.165) is 24.7 Å². The standard InChI is InChI=1S/C13H20BrN3O2S/c1-5-19-12(18)9-10(14)15-16(4)11(9)17-6-7-20-13(2,3)8-17/h5-8H2,1-4H3. The number of aryl methyl sites for hydroxylation is 1. The lowest BCUT2D eigenvalue weighted by molar-refractivity contribution is 0.0526. The summed E-state index contributed by atoms with van der Waals surface area (Å²) in [7, 11) is 1.86. The number of halogens is 1. The van der Waals surface area contributed by atoms with Crippen molar-refractivity contribution in [3.8, 4) is 0 Å². The van der Waals surface area contributed by atoms with Gasteiger partial charge in [0.05, 0.1) is 6.61 Å². The highest BCUT2D eigenvalue weighted by Gasteiger charge is 2.33. The third-order valence-corrected chi connectivity index (χ3v) is 5.03. The van der Waals surface area contributed by atoms with Gasteiger partial charge in [-0.15, -0.1) is 0 Å².